The number of fused-ring (bicyclic) bond motifs is 3. The van der Waals surface area contributed by atoms with Crippen LogP contribution >= 0.6 is 0 Å². The van der Waals surface area contributed by atoms with Crippen molar-refractivity contribution in [2.24, 2.45) is 51.8 Å². The molecule has 3 aliphatic heterocycles. The predicted molar refractivity (Wildman–Crippen MR) is 232 cm³/mol. The molecule has 12 heteroatoms. The molecule has 8 bridgehead atoms. The quantitative estimate of drug-likeness (QED) is 0.174. The molecule has 1 N–H and O–H groups in total. The van der Waals surface area contributed by atoms with Crippen molar-refractivity contribution in [1.29, 1.82) is 0 Å². The number of rotatable bonds is 9. The molecule has 0 aromatic rings. The molecule has 0 aromatic carbocycles. The van der Waals surface area contributed by atoms with E-state index in [0.717, 1.165) is 76.0 Å². The molecule has 7 unspecified atom stereocenters. The molecule has 356 valence electrons. The van der Waals surface area contributed by atoms with Crippen molar-refractivity contribution in [2.45, 2.75) is 245 Å². The lowest BCUT2D eigenvalue weighted by Crippen LogP contribution is -2.61. The Hall–Kier alpha value is -2.28. The molecule has 0 radical (unpaired) electrons. The van der Waals surface area contributed by atoms with E-state index >= 15 is 0 Å². The maximum absolute atomic E-state index is 12.5. The Morgan fingerprint density at radius 3 is 1.68 bits per heavy atom. The monoisotopic (exact) mass is 885 g/mol. The number of carbonyl (C=O) groups excluding carboxylic acids is 4. The van der Waals surface area contributed by atoms with E-state index in [9.17, 15) is 24.3 Å². The highest BCUT2D eigenvalue weighted by Crippen LogP contribution is 2.61. The molecule has 9 saturated carbocycles. The summed E-state index contributed by atoms with van der Waals surface area (Å²) < 4.78 is 41.1. The predicted octanol–water partition coefficient (Wildman–Crippen LogP) is 9.29. The lowest BCUT2D eigenvalue weighted by Gasteiger charge is -2.59. The third kappa shape index (κ3) is 9.00. The number of hydrogen-bond donors (Lipinski definition) is 1. The van der Waals surface area contributed by atoms with Gasteiger partial charge in [-0.1, -0.05) is 27.2 Å². The number of hydrogen-bond acceptors (Lipinski definition) is 12. The zero-order valence-corrected chi connectivity index (χ0v) is 40.2. The van der Waals surface area contributed by atoms with E-state index in [0.29, 0.717) is 36.5 Å². The lowest BCUT2D eigenvalue weighted by molar-refractivity contribution is -0.246. The molecule has 0 amide bonds. The number of ether oxygens (including phenoxy) is 7. The standard InChI is InChI=1S/C18H26O7.C17H28O2.C16H26O3/c1-4-17(2,3)16(20)23-12-10-11(21-14(12)19)13-15(22-10)25-18(24-13)8-6-5-7-9-18;1-5-16(2,3)15(18)19-17(4)13-7-11-6-12(9-13)10-14(17)8-11;1-4-14(2,3)13(17)19-16-8-11-5-12(9-16)7-15(18,6-11)10-16/h10-13,15H,4-9H2,1-3H3;11-14H,5-10H2,1-4H3;11-12,18H,4-10H2,1-3H3. The van der Waals surface area contributed by atoms with Gasteiger partial charge in [-0.3, -0.25) is 14.4 Å². The molecular weight excluding hydrogens is 805 g/mol. The molecule has 3 saturated heterocycles. The molecule has 7 atom stereocenters. The third-order valence-electron chi connectivity index (χ3n) is 18.2. The smallest absolute Gasteiger partial charge is 0.350 e. The fourth-order valence-electron chi connectivity index (χ4n) is 13.4. The molecule has 3 heterocycles. The molecule has 12 rings (SSSR count). The SMILES string of the molecule is CCC(C)(C)C(=O)OC1(C)C2CC3CC(C2)CC1C3.CCC(C)(C)C(=O)OC12CC3CC(CC(O)(C3)C1)C2.CCC(C)(C)C(=O)OC1C(=O)OC2C3OC4(CCCCC4)OC3OC12. The van der Waals surface area contributed by atoms with Gasteiger partial charge in [0.1, 0.15) is 17.3 Å². The topological polar surface area (TPSA) is 153 Å². The lowest BCUT2D eigenvalue weighted by atomic mass is 9.50. The van der Waals surface area contributed by atoms with Crippen molar-refractivity contribution in [3.8, 4) is 0 Å². The second-order valence-corrected chi connectivity index (χ2v) is 24.2. The Kier molecular flexibility index (Phi) is 12.6. The summed E-state index contributed by atoms with van der Waals surface area (Å²) in [7, 11) is 0. The molecule has 12 aliphatic rings. The van der Waals surface area contributed by atoms with E-state index in [1.54, 1.807) is 13.8 Å². The fraction of sp³-hybridized carbons (Fsp3) is 0.922. The van der Waals surface area contributed by atoms with Crippen LogP contribution in [0.25, 0.3) is 0 Å². The van der Waals surface area contributed by atoms with Gasteiger partial charge in [-0.05, 0) is 180 Å². The molecule has 0 aromatic heterocycles. The minimum Gasteiger partial charge on any atom is -0.459 e. The Balaban J connectivity index is 0.000000132. The largest absolute Gasteiger partial charge is 0.459 e. The van der Waals surface area contributed by atoms with Crippen LogP contribution in [-0.2, 0) is 52.3 Å². The van der Waals surface area contributed by atoms with Gasteiger partial charge in [0.2, 0.25) is 6.10 Å². The minimum absolute atomic E-state index is 0.0185. The average molecular weight is 885 g/mol. The van der Waals surface area contributed by atoms with Crippen molar-refractivity contribution in [3.05, 3.63) is 0 Å². The first kappa shape index (κ1) is 47.2. The number of esters is 4. The second-order valence-electron chi connectivity index (χ2n) is 24.2. The fourth-order valence-corrected chi connectivity index (χ4v) is 13.4. The van der Waals surface area contributed by atoms with E-state index in [1.165, 1.54) is 44.9 Å². The van der Waals surface area contributed by atoms with Crippen molar-refractivity contribution in [2.75, 3.05) is 0 Å². The van der Waals surface area contributed by atoms with Crippen molar-refractivity contribution >= 4 is 23.9 Å². The average Bonchev–Trinajstić information content (AvgIpc) is 3.82. The van der Waals surface area contributed by atoms with Gasteiger partial charge in [-0.15, -0.1) is 0 Å². The summed E-state index contributed by atoms with van der Waals surface area (Å²) in [5.74, 6) is 2.55. The van der Waals surface area contributed by atoms with Crippen LogP contribution in [-0.4, -0.2) is 82.3 Å². The molecule has 1 spiro atoms. The van der Waals surface area contributed by atoms with Crippen molar-refractivity contribution in [1.82, 2.24) is 0 Å². The summed E-state index contributed by atoms with van der Waals surface area (Å²) in [4.78, 5) is 49.4. The first-order chi connectivity index (χ1) is 29.5. The van der Waals surface area contributed by atoms with Crippen LogP contribution in [0, 0.1) is 51.8 Å². The van der Waals surface area contributed by atoms with Crippen LogP contribution in [0.4, 0.5) is 0 Å². The Labute approximate surface area is 376 Å². The van der Waals surface area contributed by atoms with Crippen LogP contribution in [0.2, 0.25) is 0 Å². The first-order valence-corrected chi connectivity index (χ1v) is 25.1. The summed E-state index contributed by atoms with van der Waals surface area (Å²) in [6.45, 7) is 19.7. The Morgan fingerprint density at radius 2 is 1.16 bits per heavy atom. The van der Waals surface area contributed by atoms with Crippen molar-refractivity contribution in [3.63, 3.8) is 0 Å². The zero-order valence-electron chi connectivity index (χ0n) is 40.2. The molecule has 63 heavy (non-hydrogen) atoms. The maximum Gasteiger partial charge on any atom is 0.350 e. The summed E-state index contributed by atoms with van der Waals surface area (Å²) >= 11 is 0. The van der Waals surface area contributed by atoms with E-state index in [1.807, 2.05) is 41.5 Å². The van der Waals surface area contributed by atoms with Gasteiger partial charge in [-0.25, -0.2) is 4.79 Å². The summed E-state index contributed by atoms with van der Waals surface area (Å²) in [6, 6.07) is 0. The van der Waals surface area contributed by atoms with Crippen LogP contribution in [0.3, 0.4) is 0 Å². The van der Waals surface area contributed by atoms with E-state index in [2.05, 4.69) is 13.8 Å². The van der Waals surface area contributed by atoms with Crippen LogP contribution in [0.15, 0.2) is 0 Å². The van der Waals surface area contributed by atoms with Gasteiger partial charge >= 0.3 is 23.9 Å². The van der Waals surface area contributed by atoms with Gasteiger partial charge in [-0.2, -0.15) is 0 Å². The van der Waals surface area contributed by atoms with E-state index in [-0.39, 0.29) is 28.6 Å². The summed E-state index contributed by atoms with van der Waals surface area (Å²) in [5.41, 5.74) is -2.49. The van der Waals surface area contributed by atoms with Gasteiger partial charge in [0, 0.05) is 19.3 Å². The normalized spacial score (nSPS) is 42.3. The van der Waals surface area contributed by atoms with Crippen LogP contribution in [0.5, 0.6) is 0 Å². The third-order valence-corrected chi connectivity index (χ3v) is 18.2. The van der Waals surface area contributed by atoms with Gasteiger partial charge in [0.05, 0.1) is 21.8 Å². The van der Waals surface area contributed by atoms with Crippen LogP contribution < -0.4 is 0 Å². The summed E-state index contributed by atoms with van der Waals surface area (Å²) in [5, 5.41) is 10.6. The molecule has 12 nitrogen and oxygen atoms in total. The van der Waals surface area contributed by atoms with Gasteiger partial charge in [0.25, 0.3) is 0 Å². The summed E-state index contributed by atoms with van der Waals surface area (Å²) in [6.07, 6.45) is 16.2. The number of carbonyl (C=O) groups is 4. The Bertz CT molecular complexity index is 1700. The minimum atomic E-state index is -1.05. The van der Waals surface area contributed by atoms with Crippen LogP contribution in [0.1, 0.15) is 191 Å². The van der Waals surface area contributed by atoms with Gasteiger partial charge < -0.3 is 38.3 Å². The first-order valence-electron chi connectivity index (χ1n) is 25.1. The zero-order chi connectivity index (χ0) is 45.5. The van der Waals surface area contributed by atoms with E-state index in [4.69, 9.17) is 33.2 Å². The van der Waals surface area contributed by atoms with E-state index < -0.39 is 64.9 Å². The molecule has 9 aliphatic carbocycles. The highest BCUT2D eigenvalue weighted by atomic mass is 16.9. The highest BCUT2D eigenvalue weighted by Gasteiger charge is 2.66. The second kappa shape index (κ2) is 16.8. The highest BCUT2D eigenvalue weighted by molar-refractivity contribution is 5.84. The maximum atomic E-state index is 12.5. The number of aliphatic hydroxyl groups is 1. The van der Waals surface area contributed by atoms with Crippen molar-refractivity contribution < 1.29 is 57.4 Å². The molecular formula is C51H80O12. The molecule has 12 fully saturated rings. The van der Waals surface area contributed by atoms with Gasteiger partial charge in [0.15, 0.2) is 24.3 Å². The Morgan fingerprint density at radius 1 is 0.651 bits per heavy atom.